The summed E-state index contributed by atoms with van der Waals surface area (Å²) in [6.45, 7) is 1.27. The quantitative estimate of drug-likeness (QED) is 0.802. The van der Waals surface area contributed by atoms with E-state index in [1.54, 1.807) is 17.0 Å². The zero-order valence-electron chi connectivity index (χ0n) is 13.2. The fourth-order valence-electron chi connectivity index (χ4n) is 3.70. The van der Waals surface area contributed by atoms with Gasteiger partial charge in [0.2, 0.25) is 0 Å². The van der Waals surface area contributed by atoms with Crippen LogP contribution >= 0.6 is 0 Å². The van der Waals surface area contributed by atoms with Crippen LogP contribution in [0, 0.1) is 5.82 Å². The number of halogens is 1. The molecule has 0 bridgehead atoms. The molecule has 0 unspecified atom stereocenters. The molecular formula is C18H22FNO3. The molecule has 1 aromatic rings. The second kappa shape index (κ2) is 6.69. The minimum atomic E-state index is -0.798. The van der Waals surface area contributed by atoms with Crippen LogP contribution in [0.25, 0.3) is 0 Å². The molecule has 2 aliphatic rings. The number of ether oxygens (including phenoxy) is 1. The van der Waals surface area contributed by atoms with Crippen LogP contribution in [0.2, 0.25) is 0 Å². The van der Waals surface area contributed by atoms with Gasteiger partial charge in [-0.05, 0) is 43.4 Å². The van der Waals surface area contributed by atoms with Crippen molar-refractivity contribution in [3.05, 3.63) is 35.6 Å². The van der Waals surface area contributed by atoms with Crippen LogP contribution in [0.4, 0.5) is 4.39 Å². The van der Waals surface area contributed by atoms with Crippen molar-refractivity contribution >= 4 is 11.9 Å². The Kier molecular flexibility index (Phi) is 4.64. The van der Waals surface area contributed by atoms with Crippen LogP contribution in [0.15, 0.2) is 24.3 Å². The molecule has 0 radical (unpaired) electrons. The third kappa shape index (κ3) is 3.23. The Morgan fingerprint density at radius 2 is 1.83 bits per heavy atom. The van der Waals surface area contributed by atoms with Gasteiger partial charge in [-0.3, -0.25) is 9.59 Å². The summed E-state index contributed by atoms with van der Waals surface area (Å²) in [7, 11) is 0. The highest BCUT2D eigenvalue weighted by atomic mass is 19.1. The fraction of sp³-hybridized carbons (Fsp3) is 0.556. The van der Waals surface area contributed by atoms with E-state index in [-0.39, 0.29) is 18.3 Å². The lowest BCUT2D eigenvalue weighted by molar-refractivity contribution is -0.156. The number of esters is 1. The van der Waals surface area contributed by atoms with Gasteiger partial charge in [-0.1, -0.05) is 25.0 Å². The second-order valence-corrected chi connectivity index (χ2v) is 6.46. The van der Waals surface area contributed by atoms with Crippen LogP contribution < -0.4 is 0 Å². The predicted octanol–water partition coefficient (Wildman–Crippen LogP) is 2.80. The van der Waals surface area contributed by atoms with E-state index in [0.29, 0.717) is 18.4 Å². The summed E-state index contributed by atoms with van der Waals surface area (Å²) >= 11 is 0. The van der Waals surface area contributed by atoms with Crippen LogP contribution in [0.1, 0.15) is 44.1 Å². The fourth-order valence-corrected chi connectivity index (χ4v) is 3.70. The third-order valence-electron chi connectivity index (χ3n) is 5.01. The molecule has 0 aromatic heterocycles. The molecule has 0 atom stereocenters. The Morgan fingerprint density at radius 3 is 2.48 bits per heavy atom. The summed E-state index contributed by atoms with van der Waals surface area (Å²) in [5.41, 5.74) is -0.137. The van der Waals surface area contributed by atoms with Gasteiger partial charge in [-0.2, -0.15) is 0 Å². The van der Waals surface area contributed by atoms with Gasteiger partial charge >= 0.3 is 5.97 Å². The summed E-state index contributed by atoms with van der Waals surface area (Å²) in [6, 6.07) is 6.18. The minimum Gasteiger partial charge on any atom is -0.455 e. The van der Waals surface area contributed by atoms with E-state index in [0.717, 1.165) is 38.8 Å². The lowest BCUT2D eigenvalue weighted by Crippen LogP contribution is -2.38. The maximum atomic E-state index is 13.6. The highest BCUT2D eigenvalue weighted by molar-refractivity contribution is 5.86. The van der Waals surface area contributed by atoms with Crippen molar-refractivity contribution in [3.63, 3.8) is 0 Å². The molecule has 5 heteroatoms. The SMILES string of the molecule is O=C(COC(=O)C1(c2cccc(F)c2)CCCC1)N1CCCC1. The topological polar surface area (TPSA) is 46.6 Å². The smallest absolute Gasteiger partial charge is 0.317 e. The largest absolute Gasteiger partial charge is 0.455 e. The molecule has 1 saturated carbocycles. The first-order valence-corrected chi connectivity index (χ1v) is 8.33. The summed E-state index contributed by atoms with van der Waals surface area (Å²) in [5.74, 6) is -0.883. The van der Waals surface area contributed by atoms with E-state index in [4.69, 9.17) is 4.74 Å². The Bertz CT molecular complexity index is 590. The summed E-state index contributed by atoms with van der Waals surface area (Å²) < 4.78 is 18.9. The molecule has 124 valence electrons. The number of likely N-dealkylation sites (tertiary alicyclic amines) is 1. The zero-order chi connectivity index (χ0) is 16.3. The monoisotopic (exact) mass is 319 g/mol. The van der Waals surface area contributed by atoms with Crippen LogP contribution in [0.5, 0.6) is 0 Å². The Morgan fingerprint density at radius 1 is 1.13 bits per heavy atom. The molecule has 0 N–H and O–H groups in total. The van der Waals surface area contributed by atoms with E-state index >= 15 is 0 Å². The predicted molar refractivity (Wildman–Crippen MR) is 83.3 cm³/mol. The maximum Gasteiger partial charge on any atom is 0.317 e. The summed E-state index contributed by atoms with van der Waals surface area (Å²) in [4.78, 5) is 26.5. The van der Waals surface area contributed by atoms with Crippen molar-refractivity contribution in [2.24, 2.45) is 0 Å². The van der Waals surface area contributed by atoms with Gasteiger partial charge in [0.25, 0.3) is 5.91 Å². The molecule has 1 aromatic carbocycles. The van der Waals surface area contributed by atoms with Crippen molar-refractivity contribution in [1.29, 1.82) is 0 Å². The van der Waals surface area contributed by atoms with Crippen LogP contribution in [-0.2, 0) is 19.7 Å². The summed E-state index contributed by atoms with van der Waals surface area (Å²) in [5, 5.41) is 0. The van der Waals surface area contributed by atoms with Gasteiger partial charge in [0, 0.05) is 13.1 Å². The zero-order valence-corrected chi connectivity index (χ0v) is 13.2. The number of rotatable bonds is 4. The highest BCUT2D eigenvalue weighted by Crippen LogP contribution is 2.42. The number of hydrogen-bond acceptors (Lipinski definition) is 3. The molecule has 1 aliphatic heterocycles. The first kappa shape index (κ1) is 16.0. The Hall–Kier alpha value is -1.91. The molecule has 1 aliphatic carbocycles. The van der Waals surface area contributed by atoms with Gasteiger partial charge < -0.3 is 9.64 Å². The molecule has 1 saturated heterocycles. The Balaban J connectivity index is 1.70. The number of nitrogens with zero attached hydrogens (tertiary/aromatic N) is 1. The number of hydrogen-bond donors (Lipinski definition) is 0. The van der Waals surface area contributed by atoms with Gasteiger partial charge in [0.05, 0.1) is 5.41 Å². The van der Waals surface area contributed by atoms with Crippen molar-refractivity contribution in [2.75, 3.05) is 19.7 Å². The van der Waals surface area contributed by atoms with Crippen molar-refractivity contribution in [3.8, 4) is 0 Å². The minimum absolute atomic E-state index is 0.136. The van der Waals surface area contributed by atoms with Gasteiger partial charge in [0.15, 0.2) is 6.61 Å². The average molecular weight is 319 g/mol. The molecule has 3 rings (SSSR count). The standard InChI is InChI=1S/C18H22FNO3/c19-15-7-5-6-14(12-15)18(8-1-2-9-18)17(22)23-13-16(21)20-10-3-4-11-20/h5-7,12H,1-4,8-11,13H2. The molecule has 4 nitrogen and oxygen atoms in total. The van der Waals surface area contributed by atoms with E-state index in [9.17, 15) is 14.0 Å². The first-order chi connectivity index (χ1) is 11.1. The lowest BCUT2D eigenvalue weighted by Gasteiger charge is -2.27. The highest BCUT2D eigenvalue weighted by Gasteiger charge is 2.44. The van der Waals surface area contributed by atoms with E-state index in [1.165, 1.54) is 12.1 Å². The molecule has 1 amide bonds. The van der Waals surface area contributed by atoms with E-state index in [2.05, 4.69) is 0 Å². The van der Waals surface area contributed by atoms with E-state index < -0.39 is 11.4 Å². The van der Waals surface area contributed by atoms with Gasteiger partial charge in [-0.15, -0.1) is 0 Å². The molecule has 2 fully saturated rings. The number of benzene rings is 1. The summed E-state index contributed by atoms with van der Waals surface area (Å²) in [6.07, 6.45) is 5.12. The van der Waals surface area contributed by atoms with Gasteiger partial charge in [0.1, 0.15) is 5.82 Å². The second-order valence-electron chi connectivity index (χ2n) is 6.46. The van der Waals surface area contributed by atoms with Gasteiger partial charge in [-0.25, -0.2) is 4.39 Å². The number of carbonyl (C=O) groups excluding carboxylic acids is 2. The van der Waals surface area contributed by atoms with Crippen LogP contribution in [-0.4, -0.2) is 36.5 Å². The molecule has 1 heterocycles. The Labute approximate surface area is 135 Å². The maximum absolute atomic E-state index is 13.6. The van der Waals surface area contributed by atoms with E-state index in [1.807, 2.05) is 0 Å². The average Bonchev–Trinajstić information content (AvgIpc) is 3.24. The van der Waals surface area contributed by atoms with Crippen molar-refractivity contribution in [2.45, 2.75) is 43.9 Å². The van der Waals surface area contributed by atoms with Crippen LogP contribution in [0.3, 0.4) is 0 Å². The van der Waals surface area contributed by atoms with Crippen molar-refractivity contribution < 1.29 is 18.7 Å². The molecule has 23 heavy (non-hydrogen) atoms. The first-order valence-electron chi connectivity index (χ1n) is 8.33. The third-order valence-corrected chi connectivity index (χ3v) is 5.01. The number of carbonyl (C=O) groups is 2. The molecular weight excluding hydrogens is 297 g/mol. The molecule has 0 spiro atoms. The lowest BCUT2D eigenvalue weighted by atomic mass is 9.79. The van der Waals surface area contributed by atoms with Crippen molar-refractivity contribution in [1.82, 2.24) is 4.90 Å². The normalized spacial score (nSPS) is 19.8. The number of amides is 1.